The van der Waals surface area contributed by atoms with Crippen LogP contribution in [-0.2, 0) is 6.42 Å². The van der Waals surface area contributed by atoms with Gasteiger partial charge in [-0.15, -0.1) is 0 Å². The van der Waals surface area contributed by atoms with E-state index in [1.54, 1.807) is 0 Å². The molecule has 0 aliphatic heterocycles. The number of aryl methyl sites for hydroxylation is 1. The van der Waals surface area contributed by atoms with Crippen molar-refractivity contribution in [2.75, 3.05) is 18.0 Å². The molecule has 0 spiro atoms. The highest BCUT2D eigenvalue weighted by molar-refractivity contribution is 14.1. The van der Waals surface area contributed by atoms with Crippen LogP contribution in [0.25, 0.3) is 0 Å². The Morgan fingerprint density at radius 2 is 1.65 bits per heavy atom. The summed E-state index contributed by atoms with van der Waals surface area (Å²) in [5, 5.41) is 3.50. The number of rotatable bonds is 15. The summed E-state index contributed by atoms with van der Waals surface area (Å²) in [7, 11) is 2.12. The largest absolute Gasteiger partial charge is 0.319 e. The van der Waals surface area contributed by atoms with E-state index in [1.165, 1.54) is 74.3 Å². The van der Waals surface area contributed by atoms with Gasteiger partial charge in [-0.05, 0) is 55.5 Å². The number of unbranched alkanes of at least 4 members (excludes halogenated alkanes) is 2. The van der Waals surface area contributed by atoms with Gasteiger partial charge >= 0.3 is 0 Å². The van der Waals surface area contributed by atoms with Crippen LogP contribution in [0.5, 0.6) is 0 Å². The van der Waals surface area contributed by atoms with E-state index >= 15 is 0 Å². The van der Waals surface area contributed by atoms with E-state index in [0.717, 1.165) is 11.8 Å². The molecule has 0 bridgehead atoms. The molecule has 1 N–H and O–H groups in total. The number of nitrogens with one attached hydrogen (secondary N) is 1. The van der Waals surface area contributed by atoms with Crippen molar-refractivity contribution < 1.29 is 0 Å². The minimum Gasteiger partial charge on any atom is -0.319 e. The molecular weight excluding hydrogens is 429 g/mol. The quantitative estimate of drug-likeness (QED) is 0.161. The van der Waals surface area contributed by atoms with Gasteiger partial charge in [0.2, 0.25) is 0 Å². The van der Waals surface area contributed by atoms with Gasteiger partial charge in [-0.1, -0.05) is 106 Å². The standard InChI is InChI=1S/C24H42IN/c1-21(2)12-10-11-17-24(19-25,20-26-4)18-22(3)13-8-9-16-23-14-6-5-7-15-23/h5-7,14-15,21-22,26H,8-13,16-20H2,1-4H3/t22?,24-/m1/s1. The smallest absolute Gasteiger partial charge is 0.00642 e. The Morgan fingerprint density at radius 3 is 2.27 bits per heavy atom. The molecule has 1 aromatic rings. The van der Waals surface area contributed by atoms with E-state index in [2.05, 4.69) is 86.1 Å². The maximum atomic E-state index is 3.50. The van der Waals surface area contributed by atoms with Gasteiger partial charge in [0, 0.05) is 11.0 Å². The zero-order valence-electron chi connectivity index (χ0n) is 17.7. The van der Waals surface area contributed by atoms with Crippen molar-refractivity contribution >= 4 is 22.6 Å². The molecule has 0 radical (unpaired) electrons. The average Bonchev–Trinajstić information content (AvgIpc) is 2.63. The first-order valence-corrected chi connectivity index (χ1v) is 12.3. The van der Waals surface area contributed by atoms with Crippen LogP contribution in [0.4, 0.5) is 0 Å². The summed E-state index contributed by atoms with van der Waals surface area (Å²) in [6.07, 6.45) is 12.2. The Balaban J connectivity index is 2.36. The monoisotopic (exact) mass is 471 g/mol. The molecular formula is C24H42IN. The third kappa shape index (κ3) is 10.3. The van der Waals surface area contributed by atoms with Crippen LogP contribution in [-0.4, -0.2) is 18.0 Å². The first kappa shape index (κ1) is 23.9. The molecule has 1 unspecified atom stereocenters. The lowest BCUT2D eigenvalue weighted by Gasteiger charge is -2.35. The normalized spacial score (nSPS) is 15.2. The fraction of sp³-hybridized carbons (Fsp3) is 0.750. The molecule has 2 heteroatoms. The third-order valence-electron chi connectivity index (χ3n) is 5.61. The third-order valence-corrected chi connectivity index (χ3v) is 7.23. The first-order chi connectivity index (χ1) is 12.5. The van der Waals surface area contributed by atoms with Crippen LogP contribution in [0.1, 0.15) is 77.7 Å². The van der Waals surface area contributed by atoms with E-state index in [0.29, 0.717) is 5.41 Å². The molecule has 26 heavy (non-hydrogen) atoms. The van der Waals surface area contributed by atoms with Gasteiger partial charge in [0.25, 0.3) is 0 Å². The topological polar surface area (TPSA) is 12.0 Å². The first-order valence-electron chi connectivity index (χ1n) is 10.8. The molecule has 0 aliphatic carbocycles. The predicted octanol–water partition coefficient (Wildman–Crippen LogP) is 7.28. The van der Waals surface area contributed by atoms with Crippen molar-refractivity contribution in [3.05, 3.63) is 35.9 Å². The minimum absolute atomic E-state index is 0.491. The van der Waals surface area contributed by atoms with Crippen molar-refractivity contribution in [3.63, 3.8) is 0 Å². The van der Waals surface area contributed by atoms with Crippen molar-refractivity contribution in [1.82, 2.24) is 5.32 Å². The van der Waals surface area contributed by atoms with E-state index < -0.39 is 0 Å². The summed E-state index contributed by atoms with van der Waals surface area (Å²) >= 11 is 2.64. The molecule has 0 aromatic heterocycles. The van der Waals surface area contributed by atoms with Crippen LogP contribution >= 0.6 is 22.6 Å². The van der Waals surface area contributed by atoms with Crippen LogP contribution in [0, 0.1) is 17.3 Å². The molecule has 0 amide bonds. The summed E-state index contributed by atoms with van der Waals surface area (Å²) in [6.45, 7) is 8.34. The maximum absolute atomic E-state index is 3.50. The number of alkyl halides is 1. The summed E-state index contributed by atoms with van der Waals surface area (Å²) in [6, 6.07) is 10.9. The summed E-state index contributed by atoms with van der Waals surface area (Å²) < 4.78 is 1.28. The highest BCUT2D eigenvalue weighted by Gasteiger charge is 2.29. The Labute approximate surface area is 177 Å². The molecule has 1 rings (SSSR count). The van der Waals surface area contributed by atoms with Crippen molar-refractivity contribution in [2.45, 2.75) is 78.6 Å². The Morgan fingerprint density at radius 1 is 0.962 bits per heavy atom. The predicted molar refractivity (Wildman–Crippen MR) is 126 cm³/mol. The number of hydrogen-bond acceptors (Lipinski definition) is 1. The molecule has 0 saturated heterocycles. The van der Waals surface area contributed by atoms with Crippen LogP contribution < -0.4 is 5.32 Å². The molecule has 2 atom stereocenters. The average molecular weight is 472 g/mol. The van der Waals surface area contributed by atoms with Crippen molar-refractivity contribution in [1.29, 1.82) is 0 Å². The maximum Gasteiger partial charge on any atom is 0.00642 e. The fourth-order valence-electron chi connectivity index (χ4n) is 4.17. The highest BCUT2D eigenvalue weighted by Crippen LogP contribution is 2.36. The Kier molecular flexibility index (Phi) is 12.9. The van der Waals surface area contributed by atoms with E-state index in [9.17, 15) is 0 Å². The lowest BCUT2D eigenvalue weighted by atomic mass is 9.76. The molecule has 1 aromatic carbocycles. The molecule has 0 aliphatic rings. The zero-order valence-corrected chi connectivity index (χ0v) is 19.9. The molecule has 1 nitrogen and oxygen atoms in total. The van der Waals surface area contributed by atoms with E-state index in [-0.39, 0.29) is 0 Å². The summed E-state index contributed by atoms with van der Waals surface area (Å²) in [5.41, 5.74) is 1.98. The van der Waals surface area contributed by atoms with Crippen LogP contribution in [0.15, 0.2) is 30.3 Å². The van der Waals surface area contributed by atoms with E-state index in [1.807, 2.05) is 0 Å². The molecule has 0 saturated carbocycles. The number of benzene rings is 1. The molecule has 0 fully saturated rings. The lowest BCUT2D eigenvalue weighted by molar-refractivity contribution is 0.218. The zero-order chi connectivity index (χ0) is 19.3. The number of halogens is 1. The molecule has 150 valence electrons. The Bertz CT molecular complexity index is 445. The second kappa shape index (κ2) is 14.0. The highest BCUT2D eigenvalue weighted by atomic mass is 127. The van der Waals surface area contributed by atoms with Crippen LogP contribution in [0.3, 0.4) is 0 Å². The second-order valence-electron chi connectivity index (χ2n) is 8.84. The number of hydrogen-bond donors (Lipinski definition) is 1. The van der Waals surface area contributed by atoms with Crippen molar-refractivity contribution in [3.8, 4) is 0 Å². The second-order valence-corrected chi connectivity index (χ2v) is 9.61. The van der Waals surface area contributed by atoms with Gasteiger partial charge in [0.05, 0.1) is 0 Å². The van der Waals surface area contributed by atoms with Gasteiger partial charge in [-0.2, -0.15) is 0 Å². The van der Waals surface area contributed by atoms with Crippen molar-refractivity contribution in [2.24, 2.45) is 17.3 Å². The van der Waals surface area contributed by atoms with Gasteiger partial charge in [0.1, 0.15) is 0 Å². The van der Waals surface area contributed by atoms with Crippen LogP contribution in [0.2, 0.25) is 0 Å². The van der Waals surface area contributed by atoms with Gasteiger partial charge < -0.3 is 5.32 Å². The lowest BCUT2D eigenvalue weighted by Crippen LogP contribution is -2.36. The summed E-state index contributed by atoms with van der Waals surface area (Å²) in [5.74, 6) is 1.68. The summed E-state index contributed by atoms with van der Waals surface area (Å²) in [4.78, 5) is 0. The Hall–Kier alpha value is -0.0900. The van der Waals surface area contributed by atoms with Gasteiger partial charge in [0.15, 0.2) is 0 Å². The molecule has 0 heterocycles. The van der Waals surface area contributed by atoms with E-state index in [4.69, 9.17) is 0 Å². The fourth-order valence-corrected chi connectivity index (χ4v) is 5.13. The minimum atomic E-state index is 0.491. The SMILES string of the molecule is CNC[C@](CI)(CCCCC(C)C)CC(C)CCCCc1ccccc1. The van der Waals surface area contributed by atoms with Gasteiger partial charge in [-0.25, -0.2) is 0 Å². The van der Waals surface area contributed by atoms with Gasteiger partial charge in [-0.3, -0.25) is 0 Å².